The highest BCUT2D eigenvalue weighted by molar-refractivity contribution is 5.91. The predicted octanol–water partition coefficient (Wildman–Crippen LogP) is 3.02. The normalized spacial score (nSPS) is 11.0. The highest BCUT2D eigenvalue weighted by atomic mass is 19.4. The number of halogens is 3. The molecule has 1 aromatic heterocycles. The lowest BCUT2D eigenvalue weighted by molar-refractivity contribution is -0.384. The van der Waals surface area contributed by atoms with Crippen molar-refractivity contribution in [2.24, 2.45) is 0 Å². The van der Waals surface area contributed by atoms with E-state index < -0.39 is 28.3 Å². The summed E-state index contributed by atoms with van der Waals surface area (Å²) in [4.78, 5) is 21.8. The zero-order chi connectivity index (χ0) is 18.8. The topological polar surface area (TPSA) is 114 Å². The molecular weight excluding hydrogens is 343 g/mol. The van der Waals surface area contributed by atoms with E-state index in [-0.39, 0.29) is 23.5 Å². The number of alkyl halides is 3. The number of carbonyl (C=O) groups excluding carboxylic acids is 1. The number of hydrogen-bond donors (Lipinski definition) is 1. The van der Waals surface area contributed by atoms with Crippen molar-refractivity contribution in [1.82, 2.24) is 9.78 Å². The van der Waals surface area contributed by atoms with Crippen molar-refractivity contribution >= 4 is 17.4 Å². The van der Waals surface area contributed by atoms with Gasteiger partial charge < -0.3 is 5.32 Å². The van der Waals surface area contributed by atoms with Crippen molar-refractivity contribution in [1.29, 1.82) is 5.26 Å². The third-order valence-corrected chi connectivity index (χ3v) is 3.20. The zero-order valence-corrected chi connectivity index (χ0v) is 12.7. The number of nitro groups is 1. The Morgan fingerprint density at radius 2 is 2.16 bits per heavy atom. The van der Waals surface area contributed by atoms with Crippen LogP contribution in [0, 0.1) is 21.4 Å². The second-order valence-electron chi connectivity index (χ2n) is 4.79. The molecule has 0 saturated heterocycles. The van der Waals surface area contributed by atoms with Gasteiger partial charge in [-0.05, 0) is 12.1 Å². The Morgan fingerprint density at radius 1 is 1.48 bits per heavy atom. The molecule has 0 unspecified atom stereocenters. The fourth-order valence-electron chi connectivity index (χ4n) is 1.98. The Labute approximate surface area is 138 Å². The number of rotatable bonds is 4. The zero-order valence-electron chi connectivity index (χ0n) is 12.7. The predicted molar refractivity (Wildman–Crippen MR) is 78.9 cm³/mol. The maximum absolute atomic E-state index is 12.8. The van der Waals surface area contributed by atoms with Gasteiger partial charge in [0.1, 0.15) is 17.3 Å². The molecule has 130 valence electrons. The smallest absolute Gasteiger partial charge is 0.309 e. The fourth-order valence-corrected chi connectivity index (χ4v) is 1.98. The van der Waals surface area contributed by atoms with E-state index in [1.807, 2.05) is 0 Å². The van der Waals surface area contributed by atoms with Crippen LogP contribution in [0.3, 0.4) is 0 Å². The van der Waals surface area contributed by atoms with E-state index in [2.05, 4.69) is 10.4 Å². The minimum atomic E-state index is -4.76. The summed E-state index contributed by atoms with van der Waals surface area (Å²) in [7, 11) is 0. The van der Waals surface area contributed by atoms with Gasteiger partial charge in [-0.3, -0.25) is 14.9 Å². The summed E-state index contributed by atoms with van der Waals surface area (Å²) in [5.74, 6) is -0.648. The Hall–Kier alpha value is -3.42. The van der Waals surface area contributed by atoms with Gasteiger partial charge in [0.2, 0.25) is 5.91 Å². The van der Waals surface area contributed by atoms with Gasteiger partial charge in [-0.25, -0.2) is 4.68 Å². The first-order valence-electron chi connectivity index (χ1n) is 6.83. The Bertz CT molecular complexity index is 883. The first-order valence-corrected chi connectivity index (χ1v) is 6.83. The van der Waals surface area contributed by atoms with Crippen molar-refractivity contribution in [3.05, 3.63) is 45.6 Å². The molecule has 8 nitrogen and oxygen atoms in total. The summed E-state index contributed by atoms with van der Waals surface area (Å²) >= 11 is 0. The summed E-state index contributed by atoms with van der Waals surface area (Å²) in [5, 5.41) is 26.4. The van der Waals surface area contributed by atoms with E-state index in [1.165, 1.54) is 0 Å². The summed E-state index contributed by atoms with van der Waals surface area (Å²) in [6.07, 6.45) is -3.65. The molecule has 0 spiro atoms. The maximum Gasteiger partial charge on any atom is 0.416 e. The Balaban J connectivity index is 2.66. The highest BCUT2D eigenvalue weighted by Crippen LogP contribution is 2.35. The molecule has 1 heterocycles. The second-order valence-corrected chi connectivity index (χ2v) is 4.79. The molecule has 0 aliphatic rings. The van der Waals surface area contributed by atoms with E-state index in [1.54, 1.807) is 13.0 Å². The standard InChI is InChI=1S/C14H10F3N5O3/c1-2-12(23)20-13-8(6-18)7-19-21(13)10-4-3-9(14(15,16)17)5-11(10)22(24)25/h3-5,7H,2H2,1H3,(H,20,23). The molecule has 11 heteroatoms. The molecule has 2 aromatic rings. The van der Waals surface area contributed by atoms with Crippen LogP contribution in [-0.2, 0) is 11.0 Å². The van der Waals surface area contributed by atoms with Crippen LogP contribution in [0.4, 0.5) is 24.7 Å². The van der Waals surface area contributed by atoms with Crippen LogP contribution >= 0.6 is 0 Å². The number of anilines is 1. The number of nitriles is 1. The minimum absolute atomic E-state index is 0.0607. The average Bonchev–Trinajstić information content (AvgIpc) is 2.95. The van der Waals surface area contributed by atoms with E-state index >= 15 is 0 Å². The SMILES string of the molecule is CCC(=O)Nc1c(C#N)cnn1-c1ccc(C(F)(F)F)cc1[N+](=O)[O-]. The van der Waals surface area contributed by atoms with Crippen LogP contribution in [0.15, 0.2) is 24.4 Å². The molecule has 0 bridgehead atoms. The van der Waals surface area contributed by atoms with Crippen molar-refractivity contribution in [2.45, 2.75) is 19.5 Å². The number of nitrogens with one attached hydrogen (secondary N) is 1. The molecule has 25 heavy (non-hydrogen) atoms. The third-order valence-electron chi connectivity index (χ3n) is 3.20. The van der Waals surface area contributed by atoms with Gasteiger partial charge >= 0.3 is 6.18 Å². The maximum atomic E-state index is 12.8. The first kappa shape index (κ1) is 17.9. The van der Waals surface area contributed by atoms with Crippen molar-refractivity contribution < 1.29 is 22.9 Å². The van der Waals surface area contributed by atoms with Gasteiger partial charge in [-0.15, -0.1) is 0 Å². The van der Waals surface area contributed by atoms with Crippen LogP contribution in [-0.4, -0.2) is 20.6 Å². The first-order chi connectivity index (χ1) is 11.7. The lowest BCUT2D eigenvalue weighted by atomic mass is 10.1. The largest absolute Gasteiger partial charge is 0.416 e. The van der Waals surface area contributed by atoms with E-state index in [4.69, 9.17) is 5.26 Å². The minimum Gasteiger partial charge on any atom is -0.309 e. The van der Waals surface area contributed by atoms with Crippen LogP contribution in [0.2, 0.25) is 0 Å². The molecule has 1 aromatic carbocycles. The van der Waals surface area contributed by atoms with E-state index in [0.29, 0.717) is 12.1 Å². The van der Waals surface area contributed by atoms with Gasteiger partial charge in [-0.1, -0.05) is 6.92 Å². The summed E-state index contributed by atoms with van der Waals surface area (Å²) in [6, 6.07) is 3.63. The molecule has 1 amide bonds. The van der Waals surface area contributed by atoms with Gasteiger partial charge in [0.05, 0.1) is 16.7 Å². The van der Waals surface area contributed by atoms with Crippen molar-refractivity contribution in [3.8, 4) is 11.8 Å². The third kappa shape index (κ3) is 3.57. The Kier molecular flexibility index (Phi) is 4.73. The summed E-state index contributed by atoms with van der Waals surface area (Å²) < 4.78 is 39.2. The number of nitro benzene ring substituents is 1. The van der Waals surface area contributed by atoms with Crippen LogP contribution in [0.25, 0.3) is 5.69 Å². The van der Waals surface area contributed by atoms with Crippen LogP contribution in [0.5, 0.6) is 0 Å². The van der Waals surface area contributed by atoms with Crippen LogP contribution in [0.1, 0.15) is 24.5 Å². The van der Waals surface area contributed by atoms with Gasteiger partial charge in [0.15, 0.2) is 5.82 Å². The number of aromatic nitrogens is 2. The summed E-state index contributed by atoms with van der Waals surface area (Å²) in [5.41, 5.74) is -2.47. The van der Waals surface area contributed by atoms with E-state index in [0.717, 1.165) is 16.9 Å². The molecule has 0 aliphatic carbocycles. The number of nitrogens with zero attached hydrogens (tertiary/aromatic N) is 4. The van der Waals surface area contributed by atoms with Gasteiger partial charge in [0.25, 0.3) is 5.69 Å². The van der Waals surface area contributed by atoms with Crippen molar-refractivity contribution in [3.63, 3.8) is 0 Å². The summed E-state index contributed by atoms with van der Waals surface area (Å²) in [6.45, 7) is 1.54. The molecular formula is C14H10F3N5O3. The number of benzene rings is 1. The molecule has 0 atom stereocenters. The molecule has 0 radical (unpaired) electrons. The molecule has 1 N–H and O–H groups in total. The molecule has 0 fully saturated rings. The lowest BCUT2D eigenvalue weighted by Crippen LogP contribution is -2.15. The molecule has 2 rings (SSSR count). The second kappa shape index (κ2) is 6.60. The van der Waals surface area contributed by atoms with Gasteiger partial charge in [-0.2, -0.15) is 23.5 Å². The molecule has 0 saturated carbocycles. The van der Waals surface area contributed by atoms with Crippen molar-refractivity contribution in [2.75, 3.05) is 5.32 Å². The number of amides is 1. The lowest BCUT2D eigenvalue weighted by Gasteiger charge is -2.11. The highest BCUT2D eigenvalue weighted by Gasteiger charge is 2.34. The fraction of sp³-hybridized carbons (Fsp3) is 0.214. The monoisotopic (exact) mass is 353 g/mol. The Morgan fingerprint density at radius 3 is 2.68 bits per heavy atom. The average molecular weight is 353 g/mol. The number of hydrogen-bond acceptors (Lipinski definition) is 5. The van der Waals surface area contributed by atoms with E-state index in [9.17, 15) is 28.1 Å². The molecule has 0 aliphatic heterocycles. The quantitative estimate of drug-likeness (QED) is 0.670. The van der Waals surface area contributed by atoms with Gasteiger partial charge in [0, 0.05) is 12.5 Å². The van der Waals surface area contributed by atoms with Crippen LogP contribution < -0.4 is 5.32 Å². The number of carbonyl (C=O) groups is 1.